The Balaban J connectivity index is 2.58. The Hall–Kier alpha value is -1.48. The molecular weight excluding hydrogens is 236 g/mol. The fraction of sp³-hybridized carbons (Fsp3) is 0.308. The maximum Gasteiger partial charge on any atom is 0.144 e. The molecule has 1 heterocycles. The van der Waals surface area contributed by atoms with E-state index >= 15 is 0 Å². The maximum atomic E-state index is 5.85. The third-order valence-electron chi connectivity index (χ3n) is 2.82. The van der Waals surface area contributed by atoms with Crippen LogP contribution in [0.2, 0.25) is 0 Å². The Morgan fingerprint density at radius 2 is 2.12 bits per heavy atom. The van der Waals surface area contributed by atoms with Gasteiger partial charge < -0.3 is 4.74 Å². The molecule has 0 radical (unpaired) electrons. The number of nitrogens with zero attached hydrogens (tertiary/aromatic N) is 2. The molecule has 1 aromatic heterocycles. The van der Waals surface area contributed by atoms with E-state index < -0.39 is 0 Å². The first kappa shape index (κ1) is 12.0. The van der Waals surface area contributed by atoms with Crippen LogP contribution in [-0.2, 0) is 5.88 Å². The summed E-state index contributed by atoms with van der Waals surface area (Å²) < 4.78 is 7.22. The lowest BCUT2D eigenvalue weighted by molar-refractivity contribution is 0.411. The van der Waals surface area contributed by atoms with Gasteiger partial charge in [-0.2, -0.15) is 5.10 Å². The zero-order valence-electron chi connectivity index (χ0n) is 10.2. The lowest BCUT2D eigenvalue weighted by Gasteiger charge is -2.11. The molecular formula is C13H15ClN2O. The van der Waals surface area contributed by atoms with Crippen LogP contribution in [0, 0.1) is 13.8 Å². The zero-order chi connectivity index (χ0) is 12.4. The summed E-state index contributed by atoms with van der Waals surface area (Å²) in [6.07, 6.45) is 1.80. The van der Waals surface area contributed by atoms with E-state index in [0.29, 0.717) is 5.88 Å². The number of aryl methyl sites for hydroxylation is 1. The molecule has 3 nitrogen and oxygen atoms in total. The predicted octanol–water partition coefficient (Wildman–Crippen LogP) is 3.24. The van der Waals surface area contributed by atoms with Crippen LogP contribution in [0.4, 0.5) is 0 Å². The zero-order valence-corrected chi connectivity index (χ0v) is 11.0. The standard InChI is InChI=1S/C13H15ClN2O/c1-9-4-5-13(17-3)12(6-9)16-10(2)11(7-14)8-15-16/h4-6,8H,7H2,1-3H3. The van der Waals surface area contributed by atoms with Crippen molar-refractivity contribution in [1.82, 2.24) is 9.78 Å². The summed E-state index contributed by atoms with van der Waals surface area (Å²) in [5.41, 5.74) is 4.20. The van der Waals surface area contributed by atoms with Gasteiger partial charge in [0.15, 0.2) is 0 Å². The maximum absolute atomic E-state index is 5.85. The third kappa shape index (κ3) is 2.15. The van der Waals surface area contributed by atoms with Gasteiger partial charge in [0, 0.05) is 11.3 Å². The molecule has 0 spiro atoms. The summed E-state index contributed by atoms with van der Waals surface area (Å²) in [7, 11) is 1.66. The topological polar surface area (TPSA) is 27.1 Å². The molecule has 0 saturated heterocycles. The monoisotopic (exact) mass is 250 g/mol. The Morgan fingerprint density at radius 3 is 2.71 bits per heavy atom. The van der Waals surface area contributed by atoms with Crippen molar-refractivity contribution in [2.75, 3.05) is 7.11 Å². The first-order valence-corrected chi connectivity index (χ1v) is 5.95. The Bertz CT molecular complexity index is 534. The first-order valence-electron chi connectivity index (χ1n) is 5.42. The SMILES string of the molecule is COc1ccc(C)cc1-n1ncc(CCl)c1C. The van der Waals surface area contributed by atoms with Gasteiger partial charge in [0.25, 0.3) is 0 Å². The molecule has 17 heavy (non-hydrogen) atoms. The van der Waals surface area contributed by atoms with Gasteiger partial charge in [-0.05, 0) is 31.5 Å². The smallest absolute Gasteiger partial charge is 0.144 e. The van der Waals surface area contributed by atoms with Crippen molar-refractivity contribution in [2.45, 2.75) is 19.7 Å². The average Bonchev–Trinajstić information content (AvgIpc) is 2.70. The molecule has 0 aliphatic carbocycles. The highest BCUT2D eigenvalue weighted by atomic mass is 35.5. The second kappa shape index (κ2) is 4.80. The van der Waals surface area contributed by atoms with Crippen LogP contribution in [0.3, 0.4) is 0 Å². The van der Waals surface area contributed by atoms with Gasteiger partial charge in [-0.25, -0.2) is 4.68 Å². The molecule has 2 rings (SSSR count). The number of methoxy groups -OCH3 is 1. The number of benzene rings is 1. The van der Waals surface area contributed by atoms with Gasteiger partial charge in [0.2, 0.25) is 0 Å². The summed E-state index contributed by atoms with van der Waals surface area (Å²) in [5, 5.41) is 4.36. The van der Waals surface area contributed by atoms with Gasteiger partial charge >= 0.3 is 0 Å². The lowest BCUT2D eigenvalue weighted by Crippen LogP contribution is -2.02. The van der Waals surface area contributed by atoms with Gasteiger partial charge in [0.1, 0.15) is 11.4 Å². The molecule has 0 fully saturated rings. The van der Waals surface area contributed by atoms with Gasteiger partial charge in [-0.3, -0.25) is 0 Å². The Morgan fingerprint density at radius 1 is 1.35 bits per heavy atom. The first-order chi connectivity index (χ1) is 8.17. The Labute approximate surface area is 106 Å². The third-order valence-corrected chi connectivity index (χ3v) is 3.11. The Kier molecular flexibility index (Phi) is 3.38. The van der Waals surface area contributed by atoms with Crippen LogP contribution >= 0.6 is 11.6 Å². The van der Waals surface area contributed by atoms with E-state index in [0.717, 1.165) is 22.7 Å². The molecule has 0 N–H and O–H groups in total. The van der Waals surface area contributed by atoms with Crippen molar-refractivity contribution in [1.29, 1.82) is 0 Å². The number of hydrogen-bond donors (Lipinski definition) is 0. The normalized spacial score (nSPS) is 10.6. The number of alkyl halides is 1. The van der Waals surface area contributed by atoms with Gasteiger partial charge in [0.05, 0.1) is 19.2 Å². The fourth-order valence-electron chi connectivity index (χ4n) is 1.78. The molecule has 0 saturated carbocycles. The van der Waals surface area contributed by atoms with E-state index in [4.69, 9.17) is 16.3 Å². The second-order valence-corrected chi connectivity index (χ2v) is 4.24. The summed E-state index contributed by atoms with van der Waals surface area (Å²) in [4.78, 5) is 0. The predicted molar refractivity (Wildman–Crippen MR) is 69.1 cm³/mol. The minimum Gasteiger partial charge on any atom is -0.494 e. The van der Waals surface area contributed by atoms with Crippen LogP contribution < -0.4 is 4.74 Å². The minimum atomic E-state index is 0.472. The second-order valence-electron chi connectivity index (χ2n) is 3.98. The summed E-state index contributed by atoms with van der Waals surface area (Å²) in [5.74, 6) is 1.28. The van der Waals surface area contributed by atoms with Crippen LogP contribution in [0.1, 0.15) is 16.8 Å². The number of aromatic nitrogens is 2. The van der Waals surface area contributed by atoms with Crippen molar-refractivity contribution in [3.8, 4) is 11.4 Å². The van der Waals surface area contributed by atoms with Crippen molar-refractivity contribution >= 4 is 11.6 Å². The molecule has 0 aliphatic rings. The van der Waals surface area contributed by atoms with E-state index in [1.54, 1.807) is 13.3 Å². The van der Waals surface area contributed by atoms with Crippen LogP contribution in [-0.4, -0.2) is 16.9 Å². The minimum absolute atomic E-state index is 0.472. The average molecular weight is 251 g/mol. The molecule has 0 atom stereocenters. The lowest BCUT2D eigenvalue weighted by atomic mass is 10.2. The molecule has 0 unspecified atom stereocenters. The number of rotatable bonds is 3. The molecule has 1 aromatic carbocycles. The van der Waals surface area contributed by atoms with Gasteiger partial charge in [-0.1, -0.05) is 6.07 Å². The molecule has 90 valence electrons. The van der Waals surface area contributed by atoms with Crippen molar-refractivity contribution in [3.05, 3.63) is 41.2 Å². The van der Waals surface area contributed by atoms with Crippen molar-refractivity contribution < 1.29 is 4.74 Å². The highest BCUT2D eigenvalue weighted by Crippen LogP contribution is 2.25. The van der Waals surface area contributed by atoms with E-state index in [2.05, 4.69) is 11.2 Å². The largest absolute Gasteiger partial charge is 0.494 e. The van der Waals surface area contributed by atoms with Crippen molar-refractivity contribution in [3.63, 3.8) is 0 Å². The summed E-state index contributed by atoms with van der Waals surface area (Å²) in [6.45, 7) is 4.05. The van der Waals surface area contributed by atoms with Crippen LogP contribution in [0.5, 0.6) is 5.75 Å². The molecule has 2 aromatic rings. The number of halogens is 1. The number of ether oxygens (including phenoxy) is 1. The molecule has 0 aliphatic heterocycles. The van der Waals surface area contributed by atoms with Crippen LogP contribution in [0.25, 0.3) is 5.69 Å². The van der Waals surface area contributed by atoms with E-state index in [9.17, 15) is 0 Å². The van der Waals surface area contributed by atoms with Crippen LogP contribution in [0.15, 0.2) is 24.4 Å². The van der Waals surface area contributed by atoms with E-state index in [1.165, 1.54) is 5.56 Å². The molecule has 4 heteroatoms. The quantitative estimate of drug-likeness (QED) is 0.782. The summed E-state index contributed by atoms with van der Waals surface area (Å²) >= 11 is 5.85. The highest BCUT2D eigenvalue weighted by Gasteiger charge is 2.11. The van der Waals surface area contributed by atoms with E-state index in [1.807, 2.05) is 30.7 Å². The number of hydrogen-bond acceptors (Lipinski definition) is 2. The van der Waals surface area contributed by atoms with Gasteiger partial charge in [-0.15, -0.1) is 11.6 Å². The molecule has 0 amide bonds. The summed E-state index contributed by atoms with van der Waals surface area (Å²) in [6, 6.07) is 6.02. The van der Waals surface area contributed by atoms with Crippen molar-refractivity contribution in [2.24, 2.45) is 0 Å². The van der Waals surface area contributed by atoms with E-state index in [-0.39, 0.29) is 0 Å². The highest BCUT2D eigenvalue weighted by molar-refractivity contribution is 6.17. The molecule has 0 bridgehead atoms. The fourth-order valence-corrected chi connectivity index (χ4v) is 2.05.